The Balaban J connectivity index is 2.54. The Morgan fingerprint density at radius 2 is 2.18 bits per heavy atom. The van der Waals surface area contributed by atoms with Crippen LogP contribution in [0.3, 0.4) is 0 Å². The number of nitrogens with zero attached hydrogens (tertiary/aromatic N) is 1. The molecule has 0 N–H and O–H groups in total. The fourth-order valence-electron chi connectivity index (χ4n) is 1.54. The van der Waals surface area contributed by atoms with Crippen LogP contribution in [0.15, 0.2) is 0 Å². The smallest absolute Gasteiger partial charge is 0.216 e. The first kappa shape index (κ1) is 8.97. The van der Waals surface area contributed by atoms with E-state index in [-0.39, 0.29) is 16.9 Å². The second-order valence-corrected chi connectivity index (χ2v) is 4.54. The molecule has 0 bridgehead atoms. The van der Waals surface area contributed by atoms with E-state index in [2.05, 4.69) is 15.9 Å². The first-order valence-electron chi connectivity index (χ1n) is 3.89. The summed E-state index contributed by atoms with van der Waals surface area (Å²) in [6, 6.07) is -0.326. The monoisotopic (exact) mass is 221 g/mol. The number of halogens is 1. The zero-order valence-corrected chi connectivity index (χ0v) is 8.08. The molecule has 1 rings (SSSR count). The molecule has 0 aromatic rings. The van der Waals surface area contributed by atoms with E-state index >= 15 is 0 Å². The van der Waals surface area contributed by atoms with Crippen LogP contribution in [0, 0.1) is 16.0 Å². The topological polar surface area (TPSA) is 43.1 Å². The zero-order valence-electron chi connectivity index (χ0n) is 6.50. The van der Waals surface area contributed by atoms with E-state index < -0.39 is 0 Å². The fourth-order valence-corrected chi connectivity index (χ4v) is 2.19. The highest BCUT2D eigenvalue weighted by Gasteiger charge is 2.34. The van der Waals surface area contributed by atoms with Gasteiger partial charge in [-0.15, -0.1) is 0 Å². The largest absolute Gasteiger partial charge is 0.264 e. The highest BCUT2D eigenvalue weighted by molar-refractivity contribution is 9.09. The van der Waals surface area contributed by atoms with Crippen LogP contribution in [0.5, 0.6) is 0 Å². The molecule has 1 aliphatic carbocycles. The lowest BCUT2D eigenvalue weighted by atomic mass is 9.86. The summed E-state index contributed by atoms with van der Waals surface area (Å²) in [7, 11) is 0. The summed E-state index contributed by atoms with van der Waals surface area (Å²) in [6.45, 7) is 1.96. The van der Waals surface area contributed by atoms with Gasteiger partial charge in [0.2, 0.25) is 6.04 Å². The van der Waals surface area contributed by atoms with Crippen molar-refractivity contribution >= 4 is 15.9 Å². The Bertz CT molecular complexity index is 163. The SMILES string of the molecule is CC1CCC(Br)CC1[N+](=O)[O-]. The lowest BCUT2D eigenvalue weighted by molar-refractivity contribution is -0.534. The van der Waals surface area contributed by atoms with Gasteiger partial charge in [0.25, 0.3) is 0 Å². The number of nitro groups is 1. The van der Waals surface area contributed by atoms with Crippen LogP contribution in [0.25, 0.3) is 0 Å². The van der Waals surface area contributed by atoms with Crippen molar-refractivity contribution in [3.8, 4) is 0 Å². The van der Waals surface area contributed by atoms with E-state index in [9.17, 15) is 10.1 Å². The number of hydrogen-bond acceptors (Lipinski definition) is 2. The third kappa shape index (κ3) is 2.15. The number of alkyl halides is 1. The van der Waals surface area contributed by atoms with Crippen LogP contribution >= 0.6 is 15.9 Å². The van der Waals surface area contributed by atoms with Gasteiger partial charge in [-0.3, -0.25) is 10.1 Å². The van der Waals surface area contributed by atoms with Crippen molar-refractivity contribution in [3.05, 3.63) is 10.1 Å². The summed E-state index contributed by atoms with van der Waals surface area (Å²) in [5.41, 5.74) is 0. The van der Waals surface area contributed by atoms with E-state index in [4.69, 9.17) is 0 Å². The molecule has 11 heavy (non-hydrogen) atoms. The molecule has 0 amide bonds. The summed E-state index contributed by atoms with van der Waals surface area (Å²) < 4.78 is 0. The Morgan fingerprint density at radius 3 is 2.64 bits per heavy atom. The Morgan fingerprint density at radius 1 is 1.55 bits per heavy atom. The highest BCUT2D eigenvalue weighted by atomic mass is 79.9. The van der Waals surface area contributed by atoms with Gasteiger partial charge in [0.1, 0.15) is 0 Å². The maximum Gasteiger partial charge on any atom is 0.216 e. The standard InChI is InChI=1S/C7H12BrNO2/c1-5-2-3-6(8)4-7(5)9(10)11/h5-7H,2-4H2,1H3. The first-order chi connectivity index (χ1) is 5.11. The van der Waals surface area contributed by atoms with Crippen LogP contribution in [-0.4, -0.2) is 15.8 Å². The quantitative estimate of drug-likeness (QED) is 0.387. The molecule has 0 saturated heterocycles. The van der Waals surface area contributed by atoms with Crippen molar-refractivity contribution < 1.29 is 4.92 Å². The summed E-state index contributed by atoms with van der Waals surface area (Å²) in [4.78, 5) is 10.7. The number of hydrogen-bond donors (Lipinski definition) is 0. The Hall–Kier alpha value is -0.120. The molecule has 1 saturated carbocycles. The van der Waals surface area contributed by atoms with Crippen molar-refractivity contribution in [2.75, 3.05) is 0 Å². The van der Waals surface area contributed by atoms with Crippen LogP contribution in [0.1, 0.15) is 26.2 Å². The molecule has 64 valence electrons. The predicted octanol–water partition coefficient (Wildman–Crippen LogP) is 2.22. The van der Waals surface area contributed by atoms with Crippen molar-refractivity contribution in [1.82, 2.24) is 0 Å². The molecule has 1 fully saturated rings. The Kier molecular flexibility index (Phi) is 2.87. The molecule has 0 spiro atoms. The van der Waals surface area contributed by atoms with E-state index in [1.54, 1.807) is 0 Å². The van der Waals surface area contributed by atoms with Crippen LogP contribution in [-0.2, 0) is 0 Å². The zero-order chi connectivity index (χ0) is 8.43. The summed E-state index contributed by atoms with van der Waals surface area (Å²) in [5.74, 6) is 0.249. The predicted molar refractivity (Wildman–Crippen MR) is 46.5 cm³/mol. The average molecular weight is 222 g/mol. The maximum atomic E-state index is 10.5. The van der Waals surface area contributed by atoms with E-state index in [1.165, 1.54) is 0 Å². The van der Waals surface area contributed by atoms with Gasteiger partial charge < -0.3 is 0 Å². The second-order valence-electron chi connectivity index (χ2n) is 3.24. The molecule has 0 radical (unpaired) electrons. The minimum Gasteiger partial charge on any atom is -0.264 e. The molecule has 0 heterocycles. The maximum absolute atomic E-state index is 10.5. The molecule has 3 nitrogen and oxygen atoms in total. The first-order valence-corrected chi connectivity index (χ1v) is 4.80. The second kappa shape index (κ2) is 3.52. The summed E-state index contributed by atoms with van der Waals surface area (Å²) >= 11 is 3.42. The minimum absolute atomic E-state index is 0.141. The molecule has 3 unspecified atom stereocenters. The third-order valence-electron chi connectivity index (χ3n) is 2.36. The minimum atomic E-state index is -0.326. The van der Waals surface area contributed by atoms with Gasteiger partial charge in [-0.1, -0.05) is 22.9 Å². The molecular formula is C7H12BrNO2. The van der Waals surface area contributed by atoms with Gasteiger partial charge in [-0.2, -0.15) is 0 Å². The van der Waals surface area contributed by atoms with Crippen molar-refractivity contribution in [3.63, 3.8) is 0 Å². The lowest BCUT2D eigenvalue weighted by Gasteiger charge is -2.25. The van der Waals surface area contributed by atoms with Gasteiger partial charge in [-0.05, 0) is 12.8 Å². The van der Waals surface area contributed by atoms with E-state index in [1.807, 2.05) is 6.92 Å². The van der Waals surface area contributed by atoms with Crippen molar-refractivity contribution in [2.45, 2.75) is 37.1 Å². The van der Waals surface area contributed by atoms with Gasteiger partial charge >= 0.3 is 0 Å². The highest BCUT2D eigenvalue weighted by Crippen LogP contribution is 2.30. The van der Waals surface area contributed by atoms with Gasteiger partial charge in [0, 0.05) is 22.1 Å². The summed E-state index contributed by atoms with van der Waals surface area (Å²) in [6.07, 6.45) is 2.74. The molecule has 3 atom stereocenters. The normalized spacial score (nSPS) is 38.5. The molecule has 0 aliphatic heterocycles. The van der Waals surface area contributed by atoms with E-state index in [0.717, 1.165) is 12.8 Å². The molecule has 1 aliphatic rings. The molecule has 0 aromatic heterocycles. The van der Waals surface area contributed by atoms with Crippen molar-refractivity contribution in [2.24, 2.45) is 5.92 Å². The molecule has 0 aromatic carbocycles. The van der Waals surface area contributed by atoms with Gasteiger partial charge in [-0.25, -0.2) is 0 Å². The van der Waals surface area contributed by atoms with Crippen LogP contribution < -0.4 is 0 Å². The average Bonchev–Trinajstić information content (AvgIpc) is 1.94. The lowest BCUT2D eigenvalue weighted by Crippen LogP contribution is -2.34. The van der Waals surface area contributed by atoms with Gasteiger partial charge in [0.15, 0.2) is 0 Å². The van der Waals surface area contributed by atoms with E-state index in [0.29, 0.717) is 11.2 Å². The van der Waals surface area contributed by atoms with Crippen molar-refractivity contribution in [1.29, 1.82) is 0 Å². The van der Waals surface area contributed by atoms with Gasteiger partial charge in [0.05, 0.1) is 0 Å². The molecular weight excluding hydrogens is 210 g/mol. The number of rotatable bonds is 1. The third-order valence-corrected chi connectivity index (χ3v) is 3.19. The summed E-state index contributed by atoms with van der Waals surface area (Å²) in [5, 5.41) is 10.5. The Labute approximate surface area is 74.4 Å². The fraction of sp³-hybridized carbons (Fsp3) is 1.00. The van der Waals surface area contributed by atoms with Crippen LogP contribution in [0.2, 0.25) is 0 Å². The molecule has 4 heteroatoms. The van der Waals surface area contributed by atoms with Crippen LogP contribution in [0.4, 0.5) is 0 Å².